The number of hydrogen-bond acceptors (Lipinski definition) is 1. The predicted octanol–water partition coefficient (Wildman–Crippen LogP) is 3.18. The van der Waals surface area contributed by atoms with Crippen LogP contribution in [-0.2, 0) is 4.74 Å². The molecule has 1 heteroatoms. The van der Waals surface area contributed by atoms with Crippen molar-refractivity contribution >= 4 is 0 Å². The van der Waals surface area contributed by atoms with Crippen molar-refractivity contribution in [2.45, 2.75) is 32.3 Å². The summed E-state index contributed by atoms with van der Waals surface area (Å²) in [5.41, 5.74) is -0.0937. The molecule has 70 valence electrons. The highest BCUT2D eigenvalue weighted by Gasteiger charge is 2.30. The molecule has 0 aliphatic rings. The Morgan fingerprint density at radius 2 is 1.67 bits per heavy atom. The van der Waals surface area contributed by atoms with Gasteiger partial charge in [-0.2, -0.15) is 0 Å². The second-order valence-electron chi connectivity index (χ2n) is 3.41. The van der Waals surface area contributed by atoms with E-state index in [9.17, 15) is 0 Å². The molecule has 0 radical (unpaired) electrons. The van der Waals surface area contributed by atoms with Gasteiger partial charge in [-0.25, -0.2) is 0 Å². The maximum Gasteiger partial charge on any atom is 0.0769 e. The van der Waals surface area contributed by atoms with E-state index in [1.165, 1.54) is 0 Å². The van der Waals surface area contributed by atoms with Crippen LogP contribution in [0.25, 0.3) is 0 Å². The van der Waals surface area contributed by atoms with Gasteiger partial charge in [0.25, 0.3) is 0 Å². The van der Waals surface area contributed by atoms with E-state index in [1.807, 2.05) is 12.2 Å². The molecular weight excluding hydrogens is 148 g/mol. The summed E-state index contributed by atoms with van der Waals surface area (Å²) in [6.07, 6.45) is 5.58. The highest BCUT2D eigenvalue weighted by Crippen LogP contribution is 2.29. The van der Waals surface area contributed by atoms with Crippen LogP contribution in [0.5, 0.6) is 0 Å². The van der Waals surface area contributed by atoms with Gasteiger partial charge in [-0.05, 0) is 18.8 Å². The van der Waals surface area contributed by atoms with E-state index in [0.29, 0.717) is 5.92 Å². The standard InChI is InChI=1S/C11H20O/c1-6-8-11(12-5,9-7-2)10(3)4/h6-7,10H,1-2,8-9H2,3-5H3. The molecule has 12 heavy (non-hydrogen) atoms. The van der Waals surface area contributed by atoms with Crippen molar-refractivity contribution in [1.29, 1.82) is 0 Å². The van der Waals surface area contributed by atoms with Crippen LogP contribution in [0.2, 0.25) is 0 Å². The van der Waals surface area contributed by atoms with Crippen molar-refractivity contribution in [2.75, 3.05) is 7.11 Å². The molecule has 0 fully saturated rings. The van der Waals surface area contributed by atoms with Crippen LogP contribution in [0.15, 0.2) is 25.3 Å². The third-order valence-corrected chi connectivity index (χ3v) is 2.44. The van der Waals surface area contributed by atoms with Crippen LogP contribution in [-0.4, -0.2) is 12.7 Å². The largest absolute Gasteiger partial charge is 0.377 e. The molecular formula is C11H20O. The molecule has 0 N–H and O–H groups in total. The molecule has 0 aromatic carbocycles. The van der Waals surface area contributed by atoms with Gasteiger partial charge in [-0.1, -0.05) is 26.0 Å². The molecule has 0 saturated heterocycles. The van der Waals surface area contributed by atoms with E-state index in [2.05, 4.69) is 27.0 Å². The summed E-state index contributed by atoms with van der Waals surface area (Å²) in [6.45, 7) is 11.8. The summed E-state index contributed by atoms with van der Waals surface area (Å²) in [4.78, 5) is 0. The van der Waals surface area contributed by atoms with E-state index in [0.717, 1.165) is 12.8 Å². The van der Waals surface area contributed by atoms with Gasteiger partial charge < -0.3 is 4.74 Å². The number of methoxy groups -OCH3 is 1. The maximum atomic E-state index is 5.54. The first-order valence-electron chi connectivity index (χ1n) is 4.40. The highest BCUT2D eigenvalue weighted by atomic mass is 16.5. The summed E-state index contributed by atoms with van der Waals surface area (Å²) in [7, 11) is 1.76. The molecule has 0 aromatic heterocycles. The third-order valence-electron chi connectivity index (χ3n) is 2.44. The van der Waals surface area contributed by atoms with E-state index in [1.54, 1.807) is 7.11 Å². The van der Waals surface area contributed by atoms with Gasteiger partial charge in [-0.15, -0.1) is 13.2 Å². The van der Waals surface area contributed by atoms with Gasteiger partial charge in [0.1, 0.15) is 0 Å². The number of ether oxygens (including phenoxy) is 1. The Morgan fingerprint density at radius 1 is 1.25 bits per heavy atom. The summed E-state index contributed by atoms with van der Waals surface area (Å²) < 4.78 is 5.54. The molecule has 0 unspecified atom stereocenters. The second-order valence-corrected chi connectivity index (χ2v) is 3.41. The smallest absolute Gasteiger partial charge is 0.0769 e. The van der Waals surface area contributed by atoms with Gasteiger partial charge in [0.2, 0.25) is 0 Å². The molecule has 0 heterocycles. The lowest BCUT2D eigenvalue weighted by atomic mass is 9.84. The Morgan fingerprint density at radius 3 is 1.83 bits per heavy atom. The Hall–Kier alpha value is -0.560. The molecule has 0 atom stereocenters. The normalized spacial score (nSPS) is 11.7. The zero-order valence-electron chi connectivity index (χ0n) is 8.47. The summed E-state index contributed by atoms with van der Waals surface area (Å²) in [5, 5.41) is 0. The van der Waals surface area contributed by atoms with Crippen LogP contribution in [0.1, 0.15) is 26.7 Å². The zero-order valence-corrected chi connectivity index (χ0v) is 8.47. The SMILES string of the molecule is C=CCC(CC=C)(OC)C(C)C. The first-order valence-corrected chi connectivity index (χ1v) is 4.40. The molecule has 0 aliphatic carbocycles. The first kappa shape index (κ1) is 11.4. The summed E-state index contributed by atoms with van der Waals surface area (Å²) >= 11 is 0. The Labute approximate surface area is 76.1 Å². The summed E-state index contributed by atoms with van der Waals surface area (Å²) in [5.74, 6) is 0.485. The third kappa shape index (κ3) is 2.49. The van der Waals surface area contributed by atoms with E-state index in [4.69, 9.17) is 4.74 Å². The Kier molecular flexibility index (Phi) is 4.91. The molecule has 0 spiro atoms. The van der Waals surface area contributed by atoms with Crippen molar-refractivity contribution in [3.05, 3.63) is 25.3 Å². The number of hydrogen-bond donors (Lipinski definition) is 0. The second kappa shape index (κ2) is 5.15. The van der Waals surface area contributed by atoms with E-state index < -0.39 is 0 Å². The minimum absolute atomic E-state index is 0.0937. The minimum Gasteiger partial charge on any atom is -0.377 e. The molecule has 0 bridgehead atoms. The first-order chi connectivity index (χ1) is 5.63. The lowest BCUT2D eigenvalue weighted by Crippen LogP contribution is -2.36. The average molecular weight is 168 g/mol. The van der Waals surface area contributed by atoms with Crippen molar-refractivity contribution in [2.24, 2.45) is 5.92 Å². The molecule has 0 saturated carbocycles. The fourth-order valence-corrected chi connectivity index (χ4v) is 1.45. The van der Waals surface area contributed by atoms with Crippen molar-refractivity contribution in [1.82, 2.24) is 0 Å². The van der Waals surface area contributed by atoms with Gasteiger partial charge in [0.15, 0.2) is 0 Å². The molecule has 0 amide bonds. The highest BCUT2D eigenvalue weighted by molar-refractivity contribution is 4.95. The fraction of sp³-hybridized carbons (Fsp3) is 0.636. The maximum absolute atomic E-state index is 5.54. The quantitative estimate of drug-likeness (QED) is 0.553. The van der Waals surface area contributed by atoms with Gasteiger partial charge >= 0.3 is 0 Å². The van der Waals surface area contributed by atoms with Gasteiger partial charge in [-0.3, -0.25) is 0 Å². The minimum atomic E-state index is -0.0937. The van der Waals surface area contributed by atoms with Crippen molar-refractivity contribution in [3.8, 4) is 0 Å². The molecule has 1 nitrogen and oxygen atoms in total. The van der Waals surface area contributed by atoms with E-state index >= 15 is 0 Å². The lowest BCUT2D eigenvalue weighted by molar-refractivity contribution is -0.0428. The van der Waals surface area contributed by atoms with Crippen LogP contribution in [0.4, 0.5) is 0 Å². The van der Waals surface area contributed by atoms with Crippen molar-refractivity contribution in [3.63, 3.8) is 0 Å². The molecule has 0 aromatic rings. The zero-order chi connectivity index (χ0) is 9.61. The van der Waals surface area contributed by atoms with Gasteiger partial charge in [0, 0.05) is 7.11 Å². The fourth-order valence-electron chi connectivity index (χ4n) is 1.45. The topological polar surface area (TPSA) is 9.23 Å². The monoisotopic (exact) mass is 168 g/mol. The predicted molar refractivity (Wildman–Crippen MR) is 54.2 cm³/mol. The average Bonchev–Trinajstić information content (AvgIpc) is 2.03. The van der Waals surface area contributed by atoms with Crippen LogP contribution in [0.3, 0.4) is 0 Å². The molecule has 0 rings (SSSR count). The lowest BCUT2D eigenvalue weighted by Gasteiger charge is -2.34. The van der Waals surface area contributed by atoms with Crippen LogP contribution >= 0.6 is 0 Å². The summed E-state index contributed by atoms with van der Waals surface area (Å²) in [6, 6.07) is 0. The molecule has 0 aliphatic heterocycles. The van der Waals surface area contributed by atoms with E-state index in [-0.39, 0.29) is 5.60 Å². The van der Waals surface area contributed by atoms with Gasteiger partial charge in [0.05, 0.1) is 5.60 Å². The van der Waals surface area contributed by atoms with Crippen molar-refractivity contribution < 1.29 is 4.74 Å². The van der Waals surface area contributed by atoms with Crippen LogP contribution < -0.4 is 0 Å². The Bertz CT molecular complexity index is 137. The Balaban J connectivity index is 4.48. The number of rotatable bonds is 6. The van der Waals surface area contributed by atoms with Crippen LogP contribution in [0, 0.1) is 5.92 Å².